The van der Waals surface area contributed by atoms with E-state index in [9.17, 15) is 4.79 Å². The van der Waals surface area contributed by atoms with Gasteiger partial charge in [-0.25, -0.2) is 9.97 Å². The number of thiazole rings is 1. The molecule has 8 heteroatoms. The van der Waals surface area contributed by atoms with Crippen LogP contribution in [0, 0.1) is 13.8 Å². The molecule has 3 aromatic heterocycles. The Hall–Kier alpha value is -3.00. The molecular weight excluding hydrogens is 362 g/mol. The Kier molecular flexibility index (Phi) is 4.27. The molecule has 0 bridgehead atoms. The van der Waals surface area contributed by atoms with Crippen LogP contribution in [0.25, 0.3) is 21.3 Å². The van der Waals surface area contributed by atoms with E-state index in [0.717, 1.165) is 32.7 Å². The maximum absolute atomic E-state index is 13.0. The van der Waals surface area contributed by atoms with Crippen molar-refractivity contribution >= 4 is 43.6 Å². The maximum atomic E-state index is 13.0. The first kappa shape index (κ1) is 17.4. The first-order valence-corrected chi connectivity index (χ1v) is 9.43. The summed E-state index contributed by atoms with van der Waals surface area (Å²) in [6.07, 6.45) is 0. The van der Waals surface area contributed by atoms with Crippen molar-refractivity contribution in [1.82, 2.24) is 19.7 Å². The van der Waals surface area contributed by atoms with E-state index >= 15 is 0 Å². The molecule has 1 aromatic carbocycles. The Morgan fingerprint density at radius 1 is 1.26 bits per heavy atom. The highest BCUT2D eigenvalue weighted by Crippen LogP contribution is 2.30. The topological polar surface area (TPSA) is 81.9 Å². The molecule has 4 aromatic rings. The zero-order valence-electron chi connectivity index (χ0n) is 15.5. The van der Waals surface area contributed by atoms with E-state index in [-0.39, 0.29) is 5.91 Å². The maximum Gasteiger partial charge on any atom is 0.258 e. The first-order valence-electron chi connectivity index (χ1n) is 8.62. The van der Waals surface area contributed by atoms with Crippen LogP contribution in [0.3, 0.4) is 0 Å². The van der Waals surface area contributed by atoms with Gasteiger partial charge in [-0.3, -0.25) is 14.8 Å². The minimum Gasteiger partial charge on any atom is -0.494 e. The summed E-state index contributed by atoms with van der Waals surface area (Å²) in [7, 11) is 1.83. The van der Waals surface area contributed by atoms with Crippen LogP contribution >= 0.6 is 11.3 Å². The smallest absolute Gasteiger partial charge is 0.258 e. The molecule has 0 saturated heterocycles. The van der Waals surface area contributed by atoms with Gasteiger partial charge in [0.2, 0.25) is 0 Å². The Balaban J connectivity index is 1.70. The zero-order valence-corrected chi connectivity index (χ0v) is 16.3. The van der Waals surface area contributed by atoms with Crippen LogP contribution in [0.2, 0.25) is 0 Å². The molecule has 4 rings (SSSR count). The number of nitrogens with one attached hydrogen (secondary N) is 1. The third kappa shape index (κ3) is 3.12. The number of fused-ring (bicyclic) bond motifs is 2. The molecular formula is C19H19N5O2S. The SMILES string of the molecule is CCOc1ccc2nc(NC(=O)c3cc(C)nc4c3c(C)nn4C)sc2c1. The molecule has 0 aliphatic rings. The van der Waals surface area contributed by atoms with E-state index in [1.807, 2.05) is 46.0 Å². The zero-order chi connectivity index (χ0) is 19.1. The molecule has 1 amide bonds. The number of rotatable bonds is 4. The van der Waals surface area contributed by atoms with Gasteiger partial charge in [0.1, 0.15) is 5.75 Å². The number of amides is 1. The van der Waals surface area contributed by atoms with Crippen LogP contribution in [0.5, 0.6) is 5.75 Å². The molecule has 7 nitrogen and oxygen atoms in total. The molecule has 0 fully saturated rings. The summed E-state index contributed by atoms with van der Waals surface area (Å²) in [4.78, 5) is 22.0. The van der Waals surface area contributed by atoms with Crippen LogP contribution in [0.1, 0.15) is 28.7 Å². The van der Waals surface area contributed by atoms with Crippen LogP contribution < -0.4 is 10.1 Å². The Morgan fingerprint density at radius 3 is 2.85 bits per heavy atom. The second kappa shape index (κ2) is 6.62. The summed E-state index contributed by atoms with van der Waals surface area (Å²) < 4.78 is 8.18. The number of benzene rings is 1. The number of hydrogen-bond donors (Lipinski definition) is 1. The lowest BCUT2D eigenvalue weighted by molar-refractivity contribution is 0.102. The van der Waals surface area contributed by atoms with Gasteiger partial charge in [0.05, 0.1) is 33.5 Å². The van der Waals surface area contributed by atoms with E-state index in [0.29, 0.717) is 22.9 Å². The summed E-state index contributed by atoms with van der Waals surface area (Å²) in [6, 6.07) is 7.50. The van der Waals surface area contributed by atoms with Gasteiger partial charge in [0.15, 0.2) is 10.8 Å². The Bertz CT molecular complexity index is 1180. The van der Waals surface area contributed by atoms with Crippen molar-refractivity contribution in [2.24, 2.45) is 7.05 Å². The van der Waals surface area contributed by atoms with Crippen molar-refractivity contribution in [2.75, 3.05) is 11.9 Å². The van der Waals surface area contributed by atoms with Crippen LogP contribution in [-0.2, 0) is 7.05 Å². The molecule has 27 heavy (non-hydrogen) atoms. The van der Waals surface area contributed by atoms with E-state index < -0.39 is 0 Å². The van der Waals surface area contributed by atoms with Crippen molar-refractivity contribution in [3.63, 3.8) is 0 Å². The average molecular weight is 381 g/mol. The lowest BCUT2D eigenvalue weighted by atomic mass is 10.1. The predicted molar refractivity (Wildman–Crippen MR) is 107 cm³/mol. The van der Waals surface area contributed by atoms with Crippen LogP contribution in [0.4, 0.5) is 5.13 Å². The summed E-state index contributed by atoms with van der Waals surface area (Å²) in [6.45, 7) is 6.30. The van der Waals surface area contributed by atoms with Gasteiger partial charge in [-0.2, -0.15) is 5.10 Å². The van der Waals surface area contributed by atoms with E-state index in [2.05, 4.69) is 20.4 Å². The molecule has 0 atom stereocenters. The number of pyridine rings is 1. The summed E-state index contributed by atoms with van der Waals surface area (Å²) >= 11 is 1.42. The number of ether oxygens (including phenoxy) is 1. The average Bonchev–Trinajstić information content (AvgIpc) is 3.14. The Morgan fingerprint density at radius 2 is 2.07 bits per heavy atom. The van der Waals surface area contributed by atoms with E-state index in [1.54, 1.807) is 10.7 Å². The van der Waals surface area contributed by atoms with Gasteiger partial charge in [-0.05, 0) is 45.0 Å². The molecule has 0 aliphatic heterocycles. The first-order chi connectivity index (χ1) is 13.0. The van der Waals surface area contributed by atoms with Gasteiger partial charge in [0, 0.05) is 12.7 Å². The van der Waals surface area contributed by atoms with Gasteiger partial charge in [0.25, 0.3) is 5.91 Å². The summed E-state index contributed by atoms with van der Waals surface area (Å²) in [5.41, 5.74) is 3.62. The minimum atomic E-state index is -0.217. The third-order valence-corrected chi connectivity index (χ3v) is 5.17. The quantitative estimate of drug-likeness (QED) is 0.581. The number of carbonyl (C=O) groups is 1. The fourth-order valence-electron chi connectivity index (χ4n) is 3.13. The van der Waals surface area contributed by atoms with Crippen molar-refractivity contribution in [3.8, 4) is 5.75 Å². The molecule has 0 saturated carbocycles. The highest BCUT2D eigenvalue weighted by molar-refractivity contribution is 7.22. The third-order valence-electron chi connectivity index (χ3n) is 4.23. The van der Waals surface area contributed by atoms with Crippen molar-refractivity contribution < 1.29 is 9.53 Å². The van der Waals surface area contributed by atoms with E-state index in [4.69, 9.17) is 4.74 Å². The standard InChI is InChI=1S/C19H19N5O2S/c1-5-26-12-6-7-14-15(9-12)27-19(21-14)22-18(25)13-8-10(2)20-17-16(13)11(3)23-24(17)4/h6-9H,5H2,1-4H3,(H,21,22,25). The van der Waals surface area contributed by atoms with Gasteiger partial charge < -0.3 is 4.74 Å². The van der Waals surface area contributed by atoms with Gasteiger partial charge >= 0.3 is 0 Å². The lowest BCUT2D eigenvalue weighted by Crippen LogP contribution is -2.13. The predicted octanol–water partition coefficient (Wildman–Crippen LogP) is 3.85. The van der Waals surface area contributed by atoms with Gasteiger partial charge in [-0.15, -0.1) is 0 Å². The van der Waals surface area contributed by atoms with Crippen LogP contribution in [-0.4, -0.2) is 32.3 Å². The minimum absolute atomic E-state index is 0.217. The molecule has 0 aliphatic carbocycles. The van der Waals surface area contributed by atoms with E-state index in [1.165, 1.54) is 11.3 Å². The Labute approximate surface area is 160 Å². The second-order valence-electron chi connectivity index (χ2n) is 6.25. The molecule has 0 radical (unpaired) electrons. The highest BCUT2D eigenvalue weighted by Gasteiger charge is 2.19. The normalized spacial score (nSPS) is 11.3. The molecule has 138 valence electrons. The summed E-state index contributed by atoms with van der Waals surface area (Å²) in [5.74, 6) is 0.578. The molecule has 1 N–H and O–H groups in total. The fourth-order valence-corrected chi connectivity index (χ4v) is 4.02. The van der Waals surface area contributed by atoms with Crippen molar-refractivity contribution in [3.05, 3.63) is 41.2 Å². The number of aromatic nitrogens is 4. The molecule has 0 spiro atoms. The number of anilines is 1. The largest absolute Gasteiger partial charge is 0.494 e. The fraction of sp³-hybridized carbons (Fsp3) is 0.263. The number of nitrogens with zero attached hydrogens (tertiary/aromatic N) is 4. The molecule has 3 heterocycles. The summed E-state index contributed by atoms with van der Waals surface area (Å²) in [5, 5.41) is 8.62. The second-order valence-corrected chi connectivity index (χ2v) is 7.29. The van der Waals surface area contributed by atoms with Crippen molar-refractivity contribution in [1.29, 1.82) is 0 Å². The number of hydrogen-bond acceptors (Lipinski definition) is 6. The van der Waals surface area contributed by atoms with Crippen LogP contribution in [0.15, 0.2) is 24.3 Å². The lowest BCUT2D eigenvalue weighted by Gasteiger charge is -2.05. The van der Waals surface area contributed by atoms with Gasteiger partial charge in [-0.1, -0.05) is 11.3 Å². The number of aryl methyl sites for hydroxylation is 3. The molecule has 0 unspecified atom stereocenters. The number of carbonyl (C=O) groups excluding carboxylic acids is 1. The highest BCUT2D eigenvalue weighted by atomic mass is 32.1. The monoisotopic (exact) mass is 381 g/mol. The van der Waals surface area contributed by atoms with Crippen molar-refractivity contribution in [2.45, 2.75) is 20.8 Å².